The lowest BCUT2D eigenvalue weighted by molar-refractivity contribution is -0.155. The van der Waals surface area contributed by atoms with Gasteiger partial charge in [0.05, 0.1) is 11.4 Å². The van der Waals surface area contributed by atoms with Crippen molar-refractivity contribution in [3.8, 4) is 0 Å². The summed E-state index contributed by atoms with van der Waals surface area (Å²) in [6, 6.07) is 10.8. The van der Waals surface area contributed by atoms with Crippen LogP contribution in [0.3, 0.4) is 0 Å². The third kappa shape index (κ3) is 2.64. The maximum absolute atomic E-state index is 14.8. The van der Waals surface area contributed by atoms with Crippen LogP contribution in [0.1, 0.15) is 11.1 Å². The van der Waals surface area contributed by atoms with E-state index in [0.717, 1.165) is 0 Å². The van der Waals surface area contributed by atoms with Gasteiger partial charge in [-0.3, -0.25) is 4.79 Å². The molecular formula is C16H9Cl2FN2O3. The van der Waals surface area contributed by atoms with Crippen molar-refractivity contribution in [2.24, 2.45) is 4.99 Å². The monoisotopic (exact) mass is 366 g/mol. The zero-order valence-corrected chi connectivity index (χ0v) is 13.4. The van der Waals surface area contributed by atoms with Crippen molar-refractivity contribution >= 4 is 46.5 Å². The van der Waals surface area contributed by atoms with Crippen molar-refractivity contribution < 1.29 is 19.1 Å². The molecular weight excluding hydrogens is 358 g/mol. The number of carboxylic acid groups (broad SMARTS) is 1. The SMILES string of the molecule is O=C(O)C1(F)N=C(c2ccccc2Cl)c2cc(Cl)ccc2NC1=O. The standard InChI is InChI=1S/C16H9Cl2FN2O3/c17-8-5-6-12-10(7-8)13(9-3-1-2-4-11(9)18)21-16(19,15(23)24)14(22)20-12/h1-7H,(H,20,22)(H,23,24). The average molecular weight is 367 g/mol. The number of nitrogens with zero attached hydrogens (tertiary/aromatic N) is 1. The molecule has 1 aliphatic heterocycles. The van der Waals surface area contributed by atoms with Crippen LogP contribution in [0.15, 0.2) is 47.5 Å². The maximum Gasteiger partial charge on any atom is 0.375 e. The van der Waals surface area contributed by atoms with E-state index in [1.165, 1.54) is 18.2 Å². The van der Waals surface area contributed by atoms with Crippen LogP contribution >= 0.6 is 23.2 Å². The number of benzene rings is 2. The minimum Gasteiger partial charge on any atom is -0.477 e. The maximum atomic E-state index is 14.8. The molecule has 1 atom stereocenters. The highest BCUT2D eigenvalue weighted by molar-refractivity contribution is 6.37. The molecule has 0 saturated carbocycles. The largest absolute Gasteiger partial charge is 0.477 e. The molecule has 0 saturated heterocycles. The van der Waals surface area contributed by atoms with Gasteiger partial charge in [0.1, 0.15) is 0 Å². The number of anilines is 1. The molecule has 24 heavy (non-hydrogen) atoms. The van der Waals surface area contributed by atoms with E-state index in [0.29, 0.717) is 5.02 Å². The number of carbonyl (C=O) groups excluding carboxylic acids is 1. The van der Waals surface area contributed by atoms with Gasteiger partial charge in [0.25, 0.3) is 5.91 Å². The fraction of sp³-hybridized carbons (Fsp3) is 0.0625. The summed E-state index contributed by atoms with van der Waals surface area (Å²) in [4.78, 5) is 27.0. The van der Waals surface area contributed by atoms with Crippen LogP contribution in [0, 0.1) is 0 Å². The van der Waals surface area contributed by atoms with Gasteiger partial charge < -0.3 is 10.4 Å². The molecule has 0 spiro atoms. The van der Waals surface area contributed by atoms with Crippen molar-refractivity contribution in [2.75, 3.05) is 5.32 Å². The molecule has 5 nitrogen and oxygen atoms in total. The molecule has 0 bridgehead atoms. The number of fused-ring (bicyclic) bond motifs is 1. The molecule has 0 aliphatic carbocycles. The third-order valence-corrected chi connectivity index (χ3v) is 4.03. The lowest BCUT2D eigenvalue weighted by Crippen LogP contribution is -2.44. The van der Waals surface area contributed by atoms with Crippen molar-refractivity contribution in [1.82, 2.24) is 0 Å². The van der Waals surface area contributed by atoms with Crippen LogP contribution < -0.4 is 5.32 Å². The fourth-order valence-corrected chi connectivity index (χ4v) is 2.69. The Labute approximate surface area is 145 Å². The van der Waals surface area contributed by atoms with Crippen LogP contribution in [0.25, 0.3) is 0 Å². The number of carbonyl (C=O) groups is 2. The highest BCUT2D eigenvalue weighted by atomic mass is 35.5. The summed E-state index contributed by atoms with van der Waals surface area (Å²) in [5.41, 5.74) is 0.650. The molecule has 1 amide bonds. The Morgan fingerprint density at radius 1 is 1.17 bits per heavy atom. The van der Waals surface area contributed by atoms with E-state index in [4.69, 9.17) is 28.3 Å². The molecule has 122 valence electrons. The van der Waals surface area contributed by atoms with Gasteiger partial charge in [-0.1, -0.05) is 41.4 Å². The molecule has 0 aromatic heterocycles. The summed E-state index contributed by atoms with van der Waals surface area (Å²) in [5.74, 6) is -6.91. The van der Waals surface area contributed by atoms with Gasteiger partial charge in [-0.05, 0) is 24.3 Å². The number of rotatable bonds is 2. The van der Waals surface area contributed by atoms with Crippen molar-refractivity contribution in [1.29, 1.82) is 0 Å². The van der Waals surface area contributed by atoms with Gasteiger partial charge in [-0.15, -0.1) is 0 Å². The second kappa shape index (κ2) is 5.89. The van der Waals surface area contributed by atoms with E-state index in [-0.39, 0.29) is 27.5 Å². The summed E-state index contributed by atoms with van der Waals surface area (Å²) in [7, 11) is 0. The minimum atomic E-state index is -3.49. The summed E-state index contributed by atoms with van der Waals surface area (Å²) in [6.45, 7) is 0. The summed E-state index contributed by atoms with van der Waals surface area (Å²) >= 11 is 12.1. The van der Waals surface area contributed by atoms with E-state index in [9.17, 15) is 14.0 Å². The number of halogens is 3. The van der Waals surface area contributed by atoms with Crippen LogP contribution in [0.5, 0.6) is 0 Å². The number of hydrogen-bond donors (Lipinski definition) is 2. The highest BCUT2D eigenvalue weighted by Crippen LogP contribution is 2.32. The first-order valence-corrected chi connectivity index (χ1v) is 7.47. The van der Waals surface area contributed by atoms with E-state index < -0.39 is 17.7 Å². The molecule has 1 unspecified atom stereocenters. The Balaban J connectivity index is 2.36. The van der Waals surface area contributed by atoms with Gasteiger partial charge >= 0.3 is 11.8 Å². The number of hydrogen-bond acceptors (Lipinski definition) is 3. The van der Waals surface area contributed by atoms with Gasteiger partial charge in [0, 0.05) is 21.2 Å². The van der Waals surface area contributed by atoms with Crippen molar-refractivity contribution in [2.45, 2.75) is 5.79 Å². The lowest BCUT2D eigenvalue weighted by Gasteiger charge is -2.14. The van der Waals surface area contributed by atoms with E-state index in [2.05, 4.69) is 10.3 Å². The normalized spacial score (nSPS) is 19.8. The molecule has 8 heteroatoms. The highest BCUT2D eigenvalue weighted by Gasteiger charge is 2.49. The molecule has 1 aliphatic rings. The van der Waals surface area contributed by atoms with Crippen LogP contribution in [0.2, 0.25) is 10.0 Å². The van der Waals surface area contributed by atoms with E-state index in [1.54, 1.807) is 24.3 Å². The second-order valence-corrected chi connectivity index (χ2v) is 5.86. The Hall–Kier alpha value is -2.44. The lowest BCUT2D eigenvalue weighted by atomic mass is 10.0. The Kier molecular flexibility index (Phi) is 4.03. The first kappa shape index (κ1) is 16.4. The van der Waals surface area contributed by atoms with Crippen LogP contribution in [0.4, 0.5) is 10.1 Å². The molecule has 0 radical (unpaired) electrons. The number of aliphatic carboxylic acids is 1. The number of amides is 1. The first-order valence-electron chi connectivity index (χ1n) is 6.71. The number of aliphatic imine (C=N–C) groups is 1. The van der Waals surface area contributed by atoms with E-state index in [1.807, 2.05) is 0 Å². The van der Waals surface area contributed by atoms with Crippen molar-refractivity contribution in [3.63, 3.8) is 0 Å². The zero-order chi connectivity index (χ0) is 17.5. The minimum absolute atomic E-state index is 0.0821. The summed E-state index contributed by atoms with van der Waals surface area (Å²) < 4.78 is 14.8. The summed E-state index contributed by atoms with van der Waals surface area (Å²) in [6.07, 6.45) is 0. The van der Waals surface area contributed by atoms with Gasteiger partial charge in [0.2, 0.25) is 0 Å². The third-order valence-electron chi connectivity index (χ3n) is 3.46. The number of alkyl halides is 1. The smallest absolute Gasteiger partial charge is 0.375 e. The van der Waals surface area contributed by atoms with Gasteiger partial charge in [0.15, 0.2) is 0 Å². The van der Waals surface area contributed by atoms with Gasteiger partial charge in [-0.2, -0.15) is 4.39 Å². The number of benzodiazepines with no additional fused rings is 1. The first-order chi connectivity index (χ1) is 11.3. The van der Waals surface area contributed by atoms with Crippen molar-refractivity contribution in [3.05, 3.63) is 63.6 Å². The van der Waals surface area contributed by atoms with E-state index >= 15 is 0 Å². The second-order valence-electron chi connectivity index (χ2n) is 5.01. The average Bonchev–Trinajstić information content (AvgIpc) is 2.64. The quantitative estimate of drug-likeness (QED) is 0.630. The molecule has 0 fully saturated rings. The predicted octanol–water partition coefficient (Wildman–Crippen LogP) is 3.53. The Morgan fingerprint density at radius 3 is 2.54 bits per heavy atom. The van der Waals surface area contributed by atoms with Crippen LogP contribution in [-0.4, -0.2) is 28.5 Å². The fourth-order valence-electron chi connectivity index (χ4n) is 2.30. The molecule has 3 rings (SSSR count). The topological polar surface area (TPSA) is 78.8 Å². The van der Waals surface area contributed by atoms with Crippen LogP contribution in [-0.2, 0) is 9.59 Å². The molecule has 1 heterocycles. The number of carboxylic acids is 1. The predicted molar refractivity (Wildman–Crippen MR) is 88.6 cm³/mol. The molecule has 2 aromatic rings. The Bertz CT molecular complexity index is 901. The Morgan fingerprint density at radius 2 is 1.88 bits per heavy atom. The summed E-state index contributed by atoms with van der Waals surface area (Å²) in [5, 5.41) is 11.9. The molecule has 2 aromatic carbocycles. The number of nitrogens with one attached hydrogen (secondary N) is 1. The zero-order valence-electron chi connectivity index (χ0n) is 11.9. The van der Waals surface area contributed by atoms with Gasteiger partial charge in [-0.25, -0.2) is 9.79 Å². The molecule has 2 N–H and O–H groups in total.